The van der Waals surface area contributed by atoms with Crippen LogP contribution in [0, 0.1) is 0 Å². The Bertz CT molecular complexity index is 836. The maximum atomic E-state index is 2.30. The van der Waals surface area contributed by atoms with Gasteiger partial charge in [-0.3, -0.25) is 0 Å². The lowest BCUT2D eigenvalue weighted by atomic mass is 10.2. The summed E-state index contributed by atoms with van der Waals surface area (Å²) in [6.07, 6.45) is 1.03. The highest BCUT2D eigenvalue weighted by Gasteiger charge is 2.33. The minimum absolute atomic E-state index is 1.03. The van der Waals surface area contributed by atoms with Gasteiger partial charge >= 0.3 is 0 Å². The molecule has 0 bridgehead atoms. The Morgan fingerprint density at radius 1 is 0.385 bits per heavy atom. The normalized spacial score (nSPS) is 11.2. The fraction of sp³-hybridized carbons (Fsp3) is 0.0400. The predicted molar refractivity (Wildman–Crippen MR) is 115 cm³/mol. The summed E-state index contributed by atoms with van der Waals surface area (Å²) in [7, 11) is -1.78. The molecule has 0 spiro atoms. The Hall–Kier alpha value is -2.69. The number of hydrogen-bond donors (Lipinski definition) is 0. The second-order valence-electron chi connectivity index (χ2n) is 6.46. The summed E-state index contributed by atoms with van der Waals surface area (Å²) in [5.74, 6) is 0. The van der Waals surface area contributed by atoms with Gasteiger partial charge in [0.05, 0.1) is 0 Å². The van der Waals surface area contributed by atoms with E-state index in [4.69, 9.17) is 0 Å². The van der Waals surface area contributed by atoms with Gasteiger partial charge in [-0.15, -0.1) is 0 Å². The highest BCUT2D eigenvalue weighted by atomic mass is 31.2. The molecule has 0 aromatic heterocycles. The summed E-state index contributed by atoms with van der Waals surface area (Å²) < 4.78 is 0. The lowest BCUT2D eigenvalue weighted by Gasteiger charge is -2.38. The first-order valence-corrected chi connectivity index (χ1v) is 11.0. The molecule has 0 fully saturated rings. The van der Waals surface area contributed by atoms with E-state index in [-0.39, 0.29) is 0 Å². The van der Waals surface area contributed by atoms with E-state index < -0.39 is 7.26 Å². The van der Waals surface area contributed by atoms with Gasteiger partial charge in [-0.05, 0) is 28.7 Å². The third-order valence-electron chi connectivity index (χ3n) is 4.85. The van der Waals surface area contributed by atoms with Crippen molar-refractivity contribution in [2.45, 2.75) is 6.16 Å². The quantitative estimate of drug-likeness (QED) is 0.434. The SMILES string of the molecule is c1ccc(C[P](c2ccccc2)(c2ccccc2)c2ccccc2)cc1. The largest absolute Gasteiger partial charge is 0.0622 e. The van der Waals surface area contributed by atoms with E-state index in [1.807, 2.05) is 0 Å². The molecule has 0 saturated heterocycles. The molecular weight excluding hydrogens is 331 g/mol. The molecule has 0 nitrogen and oxygen atoms in total. The van der Waals surface area contributed by atoms with Crippen molar-refractivity contribution in [3.05, 3.63) is 127 Å². The molecule has 4 aromatic carbocycles. The van der Waals surface area contributed by atoms with Gasteiger partial charge < -0.3 is 0 Å². The molecule has 1 radical (unpaired) electrons. The first-order valence-electron chi connectivity index (χ1n) is 8.98. The Labute approximate surface area is 156 Å². The maximum Gasteiger partial charge on any atom is 0.000637 e. The van der Waals surface area contributed by atoms with Crippen molar-refractivity contribution in [1.29, 1.82) is 0 Å². The maximum absolute atomic E-state index is 2.30. The van der Waals surface area contributed by atoms with Gasteiger partial charge in [0.25, 0.3) is 0 Å². The van der Waals surface area contributed by atoms with Gasteiger partial charge in [-0.2, -0.15) is 0 Å². The number of rotatable bonds is 5. The average Bonchev–Trinajstić information content (AvgIpc) is 2.75. The molecular formula is C25H22P. The monoisotopic (exact) mass is 353 g/mol. The summed E-state index contributed by atoms with van der Waals surface area (Å²) in [6, 6.07) is 44.0. The lowest BCUT2D eigenvalue weighted by Crippen LogP contribution is -2.32. The molecule has 127 valence electrons. The Morgan fingerprint density at radius 3 is 1.04 bits per heavy atom. The molecule has 0 unspecified atom stereocenters. The van der Waals surface area contributed by atoms with Crippen LogP contribution in [0.5, 0.6) is 0 Å². The zero-order valence-electron chi connectivity index (χ0n) is 14.7. The summed E-state index contributed by atoms with van der Waals surface area (Å²) in [5.41, 5.74) is 1.39. The fourth-order valence-electron chi connectivity index (χ4n) is 3.63. The van der Waals surface area contributed by atoms with Gasteiger partial charge in [-0.25, -0.2) is 0 Å². The molecule has 0 saturated carbocycles. The Kier molecular flexibility index (Phi) is 4.95. The van der Waals surface area contributed by atoms with E-state index in [9.17, 15) is 0 Å². The van der Waals surface area contributed by atoms with Crippen molar-refractivity contribution in [2.24, 2.45) is 0 Å². The van der Waals surface area contributed by atoms with Crippen LogP contribution in [0.2, 0.25) is 0 Å². The molecule has 0 aliphatic carbocycles. The zero-order valence-corrected chi connectivity index (χ0v) is 15.6. The molecule has 0 aliphatic rings. The summed E-state index contributed by atoms with van der Waals surface area (Å²) >= 11 is 0. The third-order valence-corrected chi connectivity index (χ3v) is 9.23. The molecule has 0 aliphatic heterocycles. The summed E-state index contributed by atoms with van der Waals surface area (Å²) in [6.45, 7) is 0. The molecule has 0 atom stereocenters. The Balaban J connectivity index is 2.00. The van der Waals surface area contributed by atoms with Crippen molar-refractivity contribution in [3.8, 4) is 0 Å². The van der Waals surface area contributed by atoms with Crippen molar-refractivity contribution in [1.82, 2.24) is 0 Å². The van der Waals surface area contributed by atoms with Gasteiger partial charge in [0, 0.05) is 6.16 Å². The second kappa shape index (κ2) is 7.68. The smallest absolute Gasteiger partial charge is 0.000637 e. The van der Waals surface area contributed by atoms with Crippen LogP contribution in [0.1, 0.15) is 5.56 Å². The predicted octanol–water partition coefficient (Wildman–Crippen LogP) is 5.18. The van der Waals surface area contributed by atoms with Crippen molar-refractivity contribution < 1.29 is 0 Å². The van der Waals surface area contributed by atoms with Crippen LogP contribution >= 0.6 is 7.26 Å². The molecule has 0 heterocycles. The average molecular weight is 353 g/mol. The zero-order chi connectivity index (χ0) is 17.7. The minimum atomic E-state index is -1.78. The lowest BCUT2D eigenvalue weighted by molar-refractivity contribution is 1.39. The highest BCUT2D eigenvalue weighted by molar-refractivity contribution is 7.95. The van der Waals surface area contributed by atoms with Crippen molar-refractivity contribution >= 4 is 23.2 Å². The molecule has 4 aromatic rings. The van der Waals surface area contributed by atoms with Gasteiger partial charge in [0.1, 0.15) is 0 Å². The minimum Gasteiger partial charge on any atom is -0.0622 e. The van der Waals surface area contributed by atoms with Crippen LogP contribution in [-0.2, 0) is 6.16 Å². The van der Waals surface area contributed by atoms with Crippen molar-refractivity contribution in [3.63, 3.8) is 0 Å². The van der Waals surface area contributed by atoms with Gasteiger partial charge in [-0.1, -0.05) is 121 Å². The van der Waals surface area contributed by atoms with Gasteiger partial charge in [0.15, 0.2) is 0 Å². The molecule has 4 rings (SSSR count). The van der Waals surface area contributed by atoms with Gasteiger partial charge in [0.2, 0.25) is 0 Å². The first-order chi connectivity index (χ1) is 12.9. The first kappa shape index (κ1) is 16.8. The van der Waals surface area contributed by atoms with E-state index in [1.54, 1.807) is 0 Å². The van der Waals surface area contributed by atoms with Crippen LogP contribution in [0.3, 0.4) is 0 Å². The molecule has 26 heavy (non-hydrogen) atoms. The number of hydrogen-bond acceptors (Lipinski definition) is 0. The van der Waals surface area contributed by atoms with E-state index in [2.05, 4.69) is 121 Å². The molecule has 0 N–H and O–H groups in total. The standard InChI is InChI=1S/C25H22P/c1-5-13-22(14-6-1)21-26(23-15-7-2-8-16-23,24-17-9-3-10-18-24)25-19-11-4-12-20-25/h1-20H,21H2. The van der Waals surface area contributed by atoms with Crippen LogP contribution in [0.25, 0.3) is 0 Å². The molecule has 0 amide bonds. The van der Waals surface area contributed by atoms with Crippen LogP contribution in [0.4, 0.5) is 0 Å². The third kappa shape index (κ3) is 3.21. The van der Waals surface area contributed by atoms with Crippen LogP contribution in [0.15, 0.2) is 121 Å². The summed E-state index contributed by atoms with van der Waals surface area (Å²) in [5, 5.41) is 4.30. The van der Waals surface area contributed by atoms with E-state index >= 15 is 0 Å². The number of benzene rings is 4. The van der Waals surface area contributed by atoms with Crippen LogP contribution in [-0.4, -0.2) is 0 Å². The summed E-state index contributed by atoms with van der Waals surface area (Å²) in [4.78, 5) is 0. The van der Waals surface area contributed by atoms with E-state index in [0.717, 1.165) is 6.16 Å². The Morgan fingerprint density at radius 2 is 0.692 bits per heavy atom. The molecule has 1 heteroatoms. The van der Waals surface area contributed by atoms with Crippen LogP contribution < -0.4 is 15.9 Å². The van der Waals surface area contributed by atoms with Crippen molar-refractivity contribution in [2.75, 3.05) is 0 Å². The topological polar surface area (TPSA) is 0 Å². The van der Waals surface area contributed by atoms with E-state index in [1.165, 1.54) is 21.5 Å². The highest BCUT2D eigenvalue weighted by Crippen LogP contribution is 2.58. The van der Waals surface area contributed by atoms with E-state index in [0.29, 0.717) is 0 Å². The fourth-order valence-corrected chi connectivity index (χ4v) is 7.87. The second-order valence-corrected chi connectivity index (χ2v) is 9.95.